The summed E-state index contributed by atoms with van der Waals surface area (Å²) in [6, 6.07) is 31.7. The maximum atomic E-state index is 13.5. The summed E-state index contributed by atoms with van der Waals surface area (Å²) < 4.78 is 21.7. The maximum absolute atomic E-state index is 13.5. The van der Waals surface area contributed by atoms with Gasteiger partial charge in [0.1, 0.15) is 5.69 Å². The summed E-state index contributed by atoms with van der Waals surface area (Å²) in [4.78, 5) is 29.6. The molecule has 5 aromatic carbocycles. The van der Waals surface area contributed by atoms with Gasteiger partial charge in [-0.3, -0.25) is 4.79 Å². The molecule has 0 unspecified atom stereocenters. The number of rotatable bonds is 7. The number of aromatic amines is 1. The molecule has 6 aromatic rings. The fourth-order valence-corrected chi connectivity index (χ4v) is 5.26. The van der Waals surface area contributed by atoms with Gasteiger partial charge in [0, 0.05) is 16.3 Å². The number of carbonyl (C=O) groups excluding carboxylic acids is 2. The first kappa shape index (κ1) is 26.8. The van der Waals surface area contributed by atoms with Crippen LogP contribution in [0.5, 0.6) is 23.0 Å². The van der Waals surface area contributed by atoms with E-state index in [0.29, 0.717) is 34.1 Å². The highest BCUT2D eigenvalue weighted by molar-refractivity contribution is 6.16. The van der Waals surface area contributed by atoms with Crippen molar-refractivity contribution in [3.63, 3.8) is 0 Å². The van der Waals surface area contributed by atoms with E-state index in [4.69, 9.17) is 18.9 Å². The van der Waals surface area contributed by atoms with Crippen LogP contribution >= 0.6 is 0 Å². The lowest BCUT2D eigenvalue weighted by Crippen LogP contribution is -2.18. The maximum Gasteiger partial charge on any atom is 0.343 e. The van der Waals surface area contributed by atoms with Crippen LogP contribution in [0.15, 0.2) is 108 Å². The van der Waals surface area contributed by atoms with Gasteiger partial charge in [-0.1, -0.05) is 66.7 Å². The zero-order valence-corrected chi connectivity index (χ0v) is 23.5. The number of nitrogens with one attached hydrogen (secondary N) is 2. The number of ether oxygens (including phenoxy) is 4. The van der Waals surface area contributed by atoms with Gasteiger partial charge in [-0.05, 0) is 52.9 Å². The number of hydrazone groups is 1. The minimum absolute atomic E-state index is 0.109. The van der Waals surface area contributed by atoms with Crippen molar-refractivity contribution in [2.45, 2.75) is 0 Å². The van der Waals surface area contributed by atoms with Crippen LogP contribution in [0.2, 0.25) is 0 Å². The Labute approximate surface area is 251 Å². The largest absolute Gasteiger partial charge is 0.493 e. The summed E-state index contributed by atoms with van der Waals surface area (Å²) in [6.45, 7) is 0.109. The van der Waals surface area contributed by atoms with Crippen molar-refractivity contribution in [2.24, 2.45) is 5.10 Å². The van der Waals surface area contributed by atoms with Crippen molar-refractivity contribution >= 4 is 39.8 Å². The molecule has 1 aliphatic rings. The van der Waals surface area contributed by atoms with E-state index in [1.807, 2.05) is 60.7 Å². The molecule has 44 heavy (non-hydrogen) atoms. The topological polar surface area (TPSA) is 111 Å². The van der Waals surface area contributed by atoms with Crippen molar-refractivity contribution in [1.82, 2.24) is 10.4 Å². The molecule has 7 rings (SSSR count). The number of H-pyrrole nitrogens is 1. The highest BCUT2D eigenvalue weighted by Crippen LogP contribution is 2.36. The lowest BCUT2D eigenvalue weighted by molar-refractivity contribution is 0.0729. The van der Waals surface area contributed by atoms with Crippen LogP contribution < -0.4 is 24.4 Å². The molecule has 0 radical (unpaired) electrons. The molecule has 2 heterocycles. The predicted molar refractivity (Wildman–Crippen MR) is 167 cm³/mol. The number of aromatic nitrogens is 1. The van der Waals surface area contributed by atoms with Crippen LogP contribution in [0.25, 0.3) is 32.8 Å². The highest BCUT2D eigenvalue weighted by Gasteiger charge is 2.21. The Morgan fingerprint density at radius 3 is 2.52 bits per heavy atom. The lowest BCUT2D eigenvalue weighted by atomic mass is 9.99. The molecule has 0 fully saturated rings. The normalized spacial score (nSPS) is 12.1. The first-order valence-corrected chi connectivity index (χ1v) is 13.8. The molecule has 216 valence electrons. The molecular formula is C35H25N3O6. The van der Waals surface area contributed by atoms with Gasteiger partial charge < -0.3 is 23.9 Å². The highest BCUT2D eigenvalue weighted by atomic mass is 16.7. The number of hydrogen-bond acceptors (Lipinski definition) is 7. The summed E-state index contributed by atoms with van der Waals surface area (Å²) >= 11 is 0. The number of methoxy groups -OCH3 is 1. The molecule has 0 atom stereocenters. The van der Waals surface area contributed by atoms with Crippen molar-refractivity contribution in [1.29, 1.82) is 0 Å². The van der Waals surface area contributed by atoms with Gasteiger partial charge >= 0.3 is 5.97 Å². The van der Waals surface area contributed by atoms with Gasteiger partial charge in [0.25, 0.3) is 5.91 Å². The Kier molecular flexibility index (Phi) is 6.88. The lowest BCUT2D eigenvalue weighted by Gasteiger charge is -2.10. The van der Waals surface area contributed by atoms with E-state index < -0.39 is 5.97 Å². The molecule has 9 nitrogen and oxygen atoms in total. The average Bonchev–Trinajstić information content (AvgIpc) is 3.70. The van der Waals surface area contributed by atoms with Crippen molar-refractivity contribution in [3.05, 3.63) is 120 Å². The second kappa shape index (κ2) is 11.3. The fourth-order valence-electron chi connectivity index (χ4n) is 5.26. The summed E-state index contributed by atoms with van der Waals surface area (Å²) in [5.74, 6) is 0.649. The summed E-state index contributed by atoms with van der Waals surface area (Å²) in [6.07, 6.45) is 1.49. The van der Waals surface area contributed by atoms with E-state index >= 15 is 0 Å². The van der Waals surface area contributed by atoms with Gasteiger partial charge in [0.15, 0.2) is 23.0 Å². The minimum Gasteiger partial charge on any atom is -0.493 e. The summed E-state index contributed by atoms with van der Waals surface area (Å²) in [5.41, 5.74) is 6.58. The zero-order valence-electron chi connectivity index (χ0n) is 23.5. The third-order valence-corrected chi connectivity index (χ3v) is 7.37. The first-order chi connectivity index (χ1) is 21.6. The van der Waals surface area contributed by atoms with Gasteiger partial charge in [-0.25, -0.2) is 10.2 Å². The van der Waals surface area contributed by atoms with Crippen LogP contribution in [-0.4, -0.2) is 37.0 Å². The molecule has 9 heteroatoms. The van der Waals surface area contributed by atoms with Crippen LogP contribution in [0.1, 0.15) is 26.4 Å². The Morgan fingerprint density at radius 1 is 0.841 bits per heavy atom. The standard InChI is InChI=1S/C35H25N3O6/c1-41-29-17-21(11-15-28(29)44-35(40)24-13-16-27-30(18-24)43-20-42-27)19-36-38-34(39)33-31(23-8-3-2-4-9-23)26-14-12-22-7-5-6-10-25(22)32(26)37-33/h2-19,37H,20H2,1H3,(H,38,39). The molecule has 0 spiro atoms. The molecule has 0 saturated heterocycles. The van der Waals surface area contributed by atoms with E-state index in [0.717, 1.165) is 32.8 Å². The van der Waals surface area contributed by atoms with Crippen LogP contribution in [0.4, 0.5) is 0 Å². The van der Waals surface area contributed by atoms with Gasteiger partial charge in [0.05, 0.1) is 24.4 Å². The van der Waals surface area contributed by atoms with E-state index in [1.54, 1.807) is 36.4 Å². The predicted octanol–water partition coefficient (Wildman–Crippen LogP) is 6.71. The number of amides is 1. The van der Waals surface area contributed by atoms with Crippen LogP contribution in [-0.2, 0) is 0 Å². The van der Waals surface area contributed by atoms with Crippen molar-refractivity contribution in [3.8, 4) is 34.1 Å². The third-order valence-electron chi connectivity index (χ3n) is 7.37. The molecular weight excluding hydrogens is 558 g/mol. The second-order valence-corrected chi connectivity index (χ2v) is 10.0. The number of carbonyl (C=O) groups is 2. The van der Waals surface area contributed by atoms with E-state index in [-0.39, 0.29) is 18.4 Å². The van der Waals surface area contributed by atoms with Gasteiger partial charge in [-0.15, -0.1) is 0 Å². The Bertz CT molecular complexity index is 2080. The zero-order chi connectivity index (χ0) is 30.0. The fraction of sp³-hybridized carbons (Fsp3) is 0.0571. The van der Waals surface area contributed by atoms with E-state index in [2.05, 4.69) is 21.6 Å². The third kappa shape index (κ3) is 4.96. The minimum atomic E-state index is -0.574. The molecule has 1 aromatic heterocycles. The number of esters is 1. The smallest absolute Gasteiger partial charge is 0.343 e. The average molecular weight is 584 g/mol. The van der Waals surface area contributed by atoms with Crippen LogP contribution in [0.3, 0.4) is 0 Å². The molecule has 1 aliphatic heterocycles. The second-order valence-electron chi connectivity index (χ2n) is 10.0. The van der Waals surface area contributed by atoms with Crippen molar-refractivity contribution < 1.29 is 28.5 Å². The molecule has 2 N–H and O–H groups in total. The molecule has 0 aliphatic carbocycles. The Morgan fingerprint density at radius 2 is 1.66 bits per heavy atom. The molecule has 1 amide bonds. The SMILES string of the molecule is COc1cc(C=NNC(=O)c2[nH]c3c(ccc4ccccc43)c2-c2ccccc2)ccc1OC(=O)c1ccc2c(c1)OCO2. The Balaban J connectivity index is 1.12. The van der Waals surface area contributed by atoms with Crippen LogP contribution in [0, 0.1) is 0 Å². The Hall–Kier alpha value is -6.09. The molecule has 0 bridgehead atoms. The first-order valence-electron chi connectivity index (χ1n) is 13.8. The van der Waals surface area contributed by atoms with E-state index in [1.165, 1.54) is 13.3 Å². The molecule has 0 saturated carbocycles. The number of benzene rings is 5. The summed E-state index contributed by atoms with van der Waals surface area (Å²) in [5, 5.41) is 7.24. The number of hydrogen-bond donors (Lipinski definition) is 2. The van der Waals surface area contributed by atoms with Crippen molar-refractivity contribution in [2.75, 3.05) is 13.9 Å². The monoisotopic (exact) mass is 583 g/mol. The van der Waals surface area contributed by atoms with E-state index in [9.17, 15) is 9.59 Å². The summed E-state index contributed by atoms with van der Waals surface area (Å²) in [7, 11) is 1.47. The number of fused-ring (bicyclic) bond motifs is 4. The van der Waals surface area contributed by atoms with Gasteiger partial charge in [-0.2, -0.15) is 5.10 Å². The number of nitrogens with zero attached hydrogens (tertiary/aromatic N) is 1. The quantitative estimate of drug-likeness (QED) is 0.0936. The van der Waals surface area contributed by atoms with Gasteiger partial charge in [0.2, 0.25) is 6.79 Å².